The van der Waals surface area contributed by atoms with Crippen LogP contribution in [0, 0.1) is 5.82 Å². The SMILES string of the molecule is CCc1nn(CCCOC(=O)c2cccc(F)c2)c2c1C(=O)NCCCOCCC2. The number of carbonyl (C=O) groups is 2. The predicted octanol–water partition coefficient (Wildman–Crippen LogP) is 2.91. The van der Waals surface area contributed by atoms with Crippen molar-refractivity contribution >= 4 is 11.9 Å². The highest BCUT2D eigenvalue weighted by Gasteiger charge is 2.22. The van der Waals surface area contributed by atoms with E-state index in [1.165, 1.54) is 18.2 Å². The van der Waals surface area contributed by atoms with E-state index in [4.69, 9.17) is 9.47 Å². The Morgan fingerprint density at radius 1 is 1.33 bits per heavy atom. The Bertz CT molecular complexity index is 881. The molecule has 1 aromatic carbocycles. The summed E-state index contributed by atoms with van der Waals surface area (Å²) in [5.74, 6) is -1.12. The van der Waals surface area contributed by atoms with E-state index in [2.05, 4.69) is 10.4 Å². The molecule has 7 nitrogen and oxygen atoms in total. The Morgan fingerprint density at radius 2 is 2.17 bits per heavy atom. The summed E-state index contributed by atoms with van der Waals surface area (Å²) < 4.78 is 25.9. The largest absolute Gasteiger partial charge is 0.462 e. The molecule has 1 aliphatic rings. The third-order valence-corrected chi connectivity index (χ3v) is 4.95. The molecule has 3 rings (SSSR count). The molecule has 162 valence electrons. The van der Waals surface area contributed by atoms with Crippen LogP contribution in [0.25, 0.3) is 0 Å². The zero-order chi connectivity index (χ0) is 21.3. The van der Waals surface area contributed by atoms with Gasteiger partial charge in [0.25, 0.3) is 5.91 Å². The molecule has 8 heteroatoms. The number of esters is 1. The third kappa shape index (κ3) is 5.66. The number of nitrogens with zero attached hydrogens (tertiary/aromatic N) is 2. The number of benzene rings is 1. The average Bonchev–Trinajstić information content (AvgIpc) is 3.08. The molecule has 1 aliphatic heterocycles. The van der Waals surface area contributed by atoms with E-state index >= 15 is 0 Å². The molecule has 30 heavy (non-hydrogen) atoms. The van der Waals surface area contributed by atoms with Crippen molar-refractivity contribution in [1.29, 1.82) is 0 Å². The molecular formula is C22H28FN3O4. The number of hydrogen-bond acceptors (Lipinski definition) is 5. The molecule has 0 saturated heterocycles. The van der Waals surface area contributed by atoms with Gasteiger partial charge >= 0.3 is 5.97 Å². The Hall–Kier alpha value is -2.74. The molecular weight excluding hydrogens is 389 g/mol. The van der Waals surface area contributed by atoms with Crippen molar-refractivity contribution in [3.8, 4) is 0 Å². The Balaban J connectivity index is 1.65. The van der Waals surface area contributed by atoms with E-state index in [0.717, 1.165) is 30.3 Å². The summed E-state index contributed by atoms with van der Waals surface area (Å²) in [6.45, 7) is 4.54. The maximum Gasteiger partial charge on any atom is 0.338 e. The molecule has 0 spiro atoms. The summed E-state index contributed by atoms with van der Waals surface area (Å²) in [4.78, 5) is 24.8. The number of carbonyl (C=O) groups excluding carboxylic acids is 2. The molecule has 0 bridgehead atoms. The van der Waals surface area contributed by atoms with Crippen molar-refractivity contribution in [2.45, 2.75) is 45.6 Å². The number of aromatic nitrogens is 2. The van der Waals surface area contributed by atoms with Crippen LogP contribution < -0.4 is 5.32 Å². The van der Waals surface area contributed by atoms with Crippen molar-refractivity contribution in [1.82, 2.24) is 15.1 Å². The van der Waals surface area contributed by atoms with Crippen LogP contribution in [0.15, 0.2) is 24.3 Å². The number of fused-ring (bicyclic) bond motifs is 1. The normalized spacial score (nSPS) is 15.1. The molecule has 0 aliphatic carbocycles. The van der Waals surface area contributed by atoms with Crippen molar-refractivity contribution in [2.75, 3.05) is 26.4 Å². The lowest BCUT2D eigenvalue weighted by Gasteiger charge is -2.10. The summed E-state index contributed by atoms with van der Waals surface area (Å²) >= 11 is 0. The first kappa shape index (κ1) is 22.0. The van der Waals surface area contributed by atoms with Gasteiger partial charge in [-0.05, 0) is 43.9 Å². The number of rotatable bonds is 6. The van der Waals surface area contributed by atoms with E-state index in [0.29, 0.717) is 51.1 Å². The standard InChI is InChI=1S/C22H28FN3O4/c1-2-18-20-19(9-4-12-29-13-5-10-24-21(20)27)26(25-18)11-6-14-30-22(28)16-7-3-8-17(23)15-16/h3,7-8,15H,2,4-6,9-14H2,1H3,(H,24,27). The van der Waals surface area contributed by atoms with E-state index < -0.39 is 11.8 Å². The van der Waals surface area contributed by atoms with Crippen molar-refractivity contribution in [2.24, 2.45) is 0 Å². The second kappa shape index (κ2) is 10.9. The van der Waals surface area contributed by atoms with Gasteiger partial charge < -0.3 is 14.8 Å². The fraction of sp³-hybridized carbons (Fsp3) is 0.500. The van der Waals surface area contributed by atoms with Gasteiger partial charge in [-0.15, -0.1) is 0 Å². The smallest absolute Gasteiger partial charge is 0.338 e. The minimum Gasteiger partial charge on any atom is -0.462 e. The molecule has 1 amide bonds. The number of ether oxygens (including phenoxy) is 2. The topological polar surface area (TPSA) is 82.5 Å². The summed E-state index contributed by atoms with van der Waals surface area (Å²) in [6.07, 6.45) is 3.49. The summed E-state index contributed by atoms with van der Waals surface area (Å²) in [6, 6.07) is 5.42. The van der Waals surface area contributed by atoms with Crippen molar-refractivity contribution < 1.29 is 23.5 Å². The van der Waals surface area contributed by atoms with Crippen LogP contribution in [0.2, 0.25) is 0 Å². The number of aryl methyl sites for hydroxylation is 2. The van der Waals surface area contributed by atoms with Crippen LogP contribution in [0.1, 0.15) is 58.3 Å². The van der Waals surface area contributed by atoms with E-state index in [9.17, 15) is 14.0 Å². The maximum absolute atomic E-state index is 13.2. The first-order chi connectivity index (χ1) is 14.6. The van der Waals surface area contributed by atoms with E-state index in [1.807, 2.05) is 11.6 Å². The minimum absolute atomic E-state index is 0.0902. The number of nitrogens with one attached hydrogen (secondary N) is 1. The van der Waals surface area contributed by atoms with Gasteiger partial charge in [0.2, 0.25) is 0 Å². The van der Waals surface area contributed by atoms with Crippen molar-refractivity contribution in [3.63, 3.8) is 0 Å². The van der Waals surface area contributed by atoms with Crippen LogP contribution in [0.3, 0.4) is 0 Å². The summed E-state index contributed by atoms with van der Waals surface area (Å²) in [7, 11) is 0. The lowest BCUT2D eigenvalue weighted by atomic mass is 10.1. The zero-order valence-corrected chi connectivity index (χ0v) is 17.3. The van der Waals surface area contributed by atoms with Gasteiger partial charge in [0, 0.05) is 32.7 Å². The van der Waals surface area contributed by atoms with Gasteiger partial charge in [0.05, 0.1) is 29.1 Å². The molecule has 0 saturated carbocycles. The first-order valence-corrected chi connectivity index (χ1v) is 10.5. The lowest BCUT2D eigenvalue weighted by Crippen LogP contribution is -2.26. The van der Waals surface area contributed by atoms with Gasteiger partial charge in [-0.25, -0.2) is 9.18 Å². The Morgan fingerprint density at radius 3 is 2.97 bits per heavy atom. The fourth-order valence-corrected chi connectivity index (χ4v) is 3.49. The van der Waals surface area contributed by atoms with E-state index in [1.54, 1.807) is 0 Å². The van der Waals surface area contributed by atoms with Gasteiger partial charge in [0.1, 0.15) is 5.82 Å². The Labute approximate surface area is 175 Å². The second-order valence-corrected chi connectivity index (χ2v) is 7.17. The molecule has 0 atom stereocenters. The molecule has 0 unspecified atom stereocenters. The quantitative estimate of drug-likeness (QED) is 0.577. The van der Waals surface area contributed by atoms with Crippen LogP contribution in [0.4, 0.5) is 4.39 Å². The van der Waals surface area contributed by atoms with Crippen molar-refractivity contribution in [3.05, 3.63) is 52.6 Å². The highest BCUT2D eigenvalue weighted by molar-refractivity contribution is 5.96. The lowest BCUT2D eigenvalue weighted by molar-refractivity contribution is 0.0494. The minimum atomic E-state index is -0.556. The van der Waals surface area contributed by atoms with Gasteiger partial charge in [-0.2, -0.15) is 5.10 Å². The molecule has 2 aromatic rings. The predicted molar refractivity (Wildman–Crippen MR) is 109 cm³/mol. The average molecular weight is 417 g/mol. The Kier molecular flexibility index (Phi) is 7.96. The molecule has 1 N–H and O–H groups in total. The van der Waals surface area contributed by atoms with Crippen LogP contribution >= 0.6 is 0 Å². The number of hydrogen-bond donors (Lipinski definition) is 1. The molecule has 0 fully saturated rings. The fourth-order valence-electron chi connectivity index (χ4n) is 3.49. The molecule has 0 radical (unpaired) electrons. The molecule has 1 aromatic heterocycles. The first-order valence-electron chi connectivity index (χ1n) is 10.5. The number of halogens is 1. The van der Waals surface area contributed by atoms with Gasteiger partial charge in [-0.1, -0.05) is 13.0 Å². The monoisotopic (exact) mass is 417 g/mol. The highest BCUT2D eigenvalue weighted by atomic mass is 19.1. The van der Waals surface area contributed by atoms with Crippen LogP contribution in [0.5, 0.6) is 0 Å². The molecule has 2 heterocycles. The summed E-state index contributed by atoms with van der Waals surface area (Å²) in [5, 5.41) is 7.60. The van der Waals surface area contributed by atoms with Crippen LogP contribution in [-0.4, -0.2) is 48.0 Å². The maximum atomic E-state index is 13.2. The van der Waals surface area contributed by atoms with Gasteiger partial charge in [-0.3, -0.25) is 9.48 Å². The highest BCUT2D eigenvalue weighted by Crippen LogP contribution is 2.19. The third-order valence-electron chi connectivity index (χ3n) is 4.95. The van der Waals surface area contributed by atoms with E-state index in [-0.39, 0.29) is 18.1 Å². The second-order valence-electron chi connectivity index (χ2n) is 7.17. The summed E-state index contributed by atoms with van der Waals surface area (Å²) in [5.41, 5.74) is 2.52. The van der Waals surface area contributed by atoms with Crippen LogP contribution in [-0.2, 0) is 28.9 Å². The zero-order valence-electron chi connectivity index (χ0n) is 17.3. The van der Waals surface area contributed by atoms with Gasteiger partial charge in [0.15, 0.2) is 0 Å². The number of amides is 1.